The van der Waals surface area contributed by atoms with E-state index in [1.54, 1.807) is 24.3 Å². The average molecular weight is 252 g/mol. The lowest BCUT2D eigenvalue weighted by Crippen LogP contribution is -2.54. The first-order valence-electron chi connectivity index (χ1n) is 5.99. The molecule has 18 heavy (non-hydrogen) atoms. The zero-order valence-corrected chi connectivity index (χ0v) is 10.1. The fraction of sp³-hybridized carbons (Fsp3) is 0.462. The van der Waals surface area contributed by atoms with Crippen molar-refractivity contribution in [3.05, 3.63) is 35.9 Å². The van der Waals surface area contributed by atoms with Crippen LogP contribution in [-0.2, 0) is 0 Å². The van der Waals surface area contributed by atoms with Crippen molar-refractivity contribution in [3.8, 4) is 0 Å². The van der Waals surface area contributed by atoms with E-state index in [0.717, 1.165) is 0 Å². The van der Waals surface area contributed by atoms with Gasteiger partial charge in [-0.05, 0) is 18.4 Å². The predicted molar refractivity (Wildman–Crippen MR) is 66.0 cm³/mol. The van der Waals surface area contributed by atoms with Crippen LogP contribution in [0.4, 0.5) is 9.18 Å². The van der Waals surface area contributed by atoms with E-state index in [-0.39, 0.29) is 0 Å². The molecule has 0 bridgehead atoms. The van der Waals surface area contributed by atoms with Crippen LogP contribution in [0.3, 0.4) is 0 Å². The summed E-state index contributed by atoms with van der Waals surface area (Å²) in [7, 11) is 0. The maximum Gasteiger partial charge on any atom is 0.407 e. The van der Waals surface area contributed by atoms with E-state index in [2.05, 4.69) is 0 Å². The monoisotopic (exact) mass is 252 g/mol. The molecule has 1 atom stereocenters. The highest BCUT2D eigenvalue weighted by atomic mass is 19.1. The molecule has 1 heterocycles. The largest absolute Gasteiger partial charge is 0.465 e. The Balaban J connectivity index is 2.07. The van der Waals surface area contributed by atoms with Gasteiger partial charge in [0.2, 0.25) is 0 Å². The van der Waals surface area contributed by atoms with Crippen molar-refractivity contribution in [2.24, 2.45) is 5.73 Å². The van der Waals surface area contributed by atoms with Gasteiger partial charge < -0.3 is 15.7 Å². The van der Waals surface area contributed by atoms with E-state index < -0.39 is 17.8 Å². The molecule has 1 unspecified atom stereocenters. The van der Waals surface area contributed by atoms with Crippen molar-refractivity contribution in [2.45, 2.75) is 24.6 Å². The third-order valence-corrected chi connectivity index (χ3v) is 3.56. The average Bonchev–Trinajstić information content (AvgIpc) is 2.39. The van der Waals surface area contributed by atoms with Crippen LogP contribution in [0, 0.1) is 0 Å². The standard InChI is InChI=1S/C13H17FN2O2/c14-11(10-4-2-1-3-5-10)13(15)6-8-16(9-7-13)12(17)18/h1-5,11H,6-9,15H2,(H,17,18). The molecule has 1 fully saturated rings. The summed E-state index contributed by atoms with van der Waals surface area (Å²) >= 11 is 0. The number of amides is 1. The second-order valence-electron chi connectivity index (χ2n) is 4.78. The van der Waals surface area contributed by atoms with Gasteiger partial charge in [0.1, 0.15) is 6.17 Å². The smallest absolute Gasteiger partial charge is 0.407 e. The number of carboxylic acid groups (broad SMARTS) is 1. The van der Waals surface area contributed by atoms with Crippen molar-refractivity contribution in [1.29, 1.82) is 0 Å². The Bertz CT molecular complexity index is 416. The third kappa shape index (κ3) is 2.46. The fourth-order valence-electron chi connectivity index (χ4n) is 2.32. The van der Waals surface area contributed by atoms with Crippen molar-refractivity contribution < 1.29 is 14.3 Å². The SMILES string of the molecule is NC1(C(F)c2ccccc2)CCN(C(=O)O)CC1. The molecule has 5 heteroatoms. The molecule has 0 aliphatic carbocycles. The van der Waals surface area contributed by atoms with Crippen LogP contribution in [-0.4, -0.2) is 34.7 Å². The number of alkyl halides is 1. The van der Waals surface area contributed by atoms with Gasteiger partial charge in [0.05, 0.1) is 5.54 Å². The van der Waals surface area contributed by atoms with Crippen LogP contribution in [0.1, 0.15) is 24.6 Å². The molecule has 98 valence electrons. The van der Waals surface area contributed by atoms with Gasteiger partial charge in [-0.25, -0.2) is 9.18 Å². The minimum absolute atomic E-state index is 0.291. The Hall–Kier alpha value is -1.62. The highest BCUT2D eigenvalue weighted by Gasteiger charge is 2.40. The second-order valence-corrected chi connectivity index (χ2v) is 4.78. The summed E-state index contributed by atoms with van der Waals surface area (Å²) in [5.74, 6) is 0. The lowest BCUT2D eigenvalue weighted by molar-refractivity contribution is 0.0832. The normalized spacial score (nSPS) is 20.4. The minimum Gasteiger partial charge on any atom is -0.465 e. The molecule has 0 radical (unpaired) electrons. The number of hydrogen-bond donors (Lipinski definition) is 2. The molecule has 1 saturated heterocycles. The van der Waals surface area contributed by atoms with Gasteiger partial charge in [-0.1, -0.05) is 30.3 Å². The van der Waals surface area contributed by atoms with Gasteiger partial charge >= 0.3 is 6.09 Å². The molecule has 1 aromatic rings. The van der Waals surface area contributed by atoms with E-state index >= 15 is 0 Å². The van der Waals surface area contributed by atoms with Gasteiger partial charge in [0.25, 0.3) is 0 Å². The number of piperidine rings is 1. The number of rotatable bonds is 2. The van der Waals surface area contributed by atoms with Crippen LogP contribution in [0.15, 0.2) is 30.3 Å². The molecule has 0 aromatic heterocycles. The number of carbonyl (C=O) groups is 1. The van der Waals surface area contributed by atoms with E-state index in [4.69, 9.17) is 10.8 Å². The van der Waals surface area contributed by atoms with E-state index in [1.165, 1.54) is 4.90 Å². The second kappa shape index (κ2) is 4.94. The molecular weight excluding hydrogens is 235 g/mol. The van der Waals surface area contributed by atoms with Gasteiger partial charge in [-0.3, -0.25) is 0 Å². The Morgan fingerprint density at radius 3 is 2.39 bits per heavy atom. The van der Waals surface area contributed by atoms with Crippen LogP contribution >= 0.6 is 0 Å². The lowest BCUT2D eigenvalue weighted by Gasteiger charge is -2.40. The van der Waals surface area contributed by atoms with Crippen molar-refractivity contribution in [3.63, 3.8) is 0 Å². The molecule has 0 saturated carbocycles. The molecule has 4 nitrogen and oxygen atoms in total. The number of benzene rings is 1. The third-order valence-electron chi connectivity index (χ3n) is 3.56. The topological polar surface area (TPSA) is 66.6 Å². The predicted octanol–water partition coefficient (Wildman–Crippen LogP) is 2.17. The summed E-state index contributed by atoms with van der Waals surface area (Å²) in [4.78, 5) is 12.1. The first-order valence-corrected chi connectivity index (χ1v) is 5.99. The minimum atomic E-state index is -1.25. The number of nitrogens with zero attached hydrogens (tertiary/aromatic N) is 1. The summed E-state index contributed by atoms with van der Waals surface area (Å²) in [6.45, 7) is 0.582. The highest BCUT2D eigenvalue weighted by Crippen LogP contribution is 2.35. The molecule has 1 aliphatic heterocycles. The summed E-state index contributed by atoms with van der Waals surface area (Å²) in [6, 6.07) is 8.80. The first kappa shape index (κ1) is 12.8. The number of nitrogens with two attached hydrogens (primary N) is 1. The van der Waals surface area contributed by atoms with E-state index in [9.17, 15) is 9.18 Å². The summed E-state index contributed by atoms with van der Waals surface area (Å²) in [5, 5.41) is 8.86. The summed E-state index contributed by atoms with van der Waals surface area (Å²) in [5.41, 5.74) is 5.70. The van der Waals surface area contributed by atoms with Gasteiger partial charge in [0, 0.05) is 13.1 Å². The van der Waals surface area contributed by atoms with Crippen LogP contribution in [0.5, 0.6) is 0 Å². The maximum atomic E-state index is 14.4. The quantitative estimate of drug-likeness (QED) is 0.847. The molecule has 1 amide bonds. The Morgan fingerprint density at radius 1 is 1.33 bits per heavy atom. The summed E-state index contributed by atoms with van der Waals surface area (Å²) < 4.78 is 14.4. The lowest BCUT2D eigenvalue weighted by atomic mass is 9.81. The first-order chi connectivity index (χ1) is 8.53. The Labute approximate surface area is 105 Å². The molecule has 1 aliphatic rings. The molecule has 3 N–H and O–H groups in total. The van der Waals surface area contributed by atoms with Crippen molar-refractivity contribution in [2.75, 3.05) is 13.1 Å². The zero-order chi connectivity index (χ0) is 13.2. The molecule has 0 spiro atoms. The van der Waals surface area contributed by atoms with Crippen LogP contribution < -0.4 is 5.73 Å². The Kier molecular flexibility index (Phi) is 3.52. The highest BCUT2D eigenvalue weighted by molar-refractivity contribution is 5.65. The fourth-order valence-corrected chi connectivity index (χ4v) is 2.32. The zero-order valence-electron chi connectivity index (χ0n) is 10.1. The van der Waals surface area contributed by atoms with Crippen LogP contribution in [0.25, 0.3) is 0 Å². The van der Waals surface area contributed by atoms with Gasteiger partial charge in [-0.15, -0.1) is 0 Å². The Morgan fingerprint density at radius 2 is 1.89 bits per heavy atom. The van der Waals surface area contributed by atoms with Gasteiger partial charge in [0.15, 0.2) is 0 Å². The molecule has 1 aromatic carbocycles. The van der Waals surface area contributed by atoms with E-state index in [1.807, 2.05) is 6.07 Å². The van der Waals surface area contributed by atoms with Crippen LogP contribution in [0.2, 0.25) is 0 Å². The van der Waals surface area contributed by atoms with Gasteiger partial charge in [-0.2, -0.15) is 0 Å². The molecular formula is C13H17FN2O2. The number of halogens is 1. The number of hydrogen-bond acceptors (Lipinski definition) is 2. The summed E-state index contributed by atoms with van der Waals surface area (Å²) in [6.07, 6.45) is -1.54. The maximum absolute atomic E-state index is 14.4. The molecule has 2 rings (SSSR count). The van der Waals surface area contributed by atoms with Crippen molar-refractivity contribution >= 4 is 6.09 Å². The number of likely N-dealkylation sites (tertiary alicyclic amines) is 1. The van der Waals surface area contributed by atoms with E-state index in [0.29, 0.717) is 31.5 Å². The van der Waals surface area contributed by atoms with Crippen molar-refractivity contribution in [1.82, 2.24) is 4.90 Å².